The van der Waals surface area contributed by atoms with E-state index in [0.717, 1.165) is 48.8 Å². The van der Waals surface area contributed by atoms with Gasteiger partial charge in [0.2, 0.25) is 0 Å². The maximum Gasteiger partial charge on any atom is 0.257 e. The third-order valence-corrected chi connectivity index (χ3v) is 5.06. The third kappa shape index (κ3) is 2.17. The lowest BCUT2D eigenvalue weighted by Crippen LogP contribution is -2.39. The third-order valence-electron chi connectivity index (χ3n) is 5.06. The van der Waals surface area contributed by atoms with Crippen LogP contribution in [0.3, 0.4) is 0 Å². The van der Waals surface area contributed by atoms with Crippen molar-refractivity contribution in [2.75, 3.05) is 6.54 Å². The minimum absolute atomic E-state index is 0.0854. The van der Waals surface area contributed by atoms with Gasteiger partial charge in [-0.25, -0.2) is 0 Å². The average molecular weight is 312 g/mol. The highest BCUT2D eigenvalue weighted by molar-refractivity contribution is 5.95. The molecule has 0 bridgehead atoms. The summed E-state index contributed by atoms with van der Waals surface area (Å²) in [4.78, 5) is 14.8. The number of hydrogen-bond donors (Lipinski definition) is 0. The average Bonchev–Trinajstić information content (AvgIpc) is 3.48. The van der Waals surface area contributed by atoms with Gasteiger partial charge in [0.1, 0.15) is 5.82 Å². The van der Waals surface area contributed by atoms with Crippen LogP contribution in [0.4, 0.5) is 0 Å². The second kappa shape index (κ2) is 4.66. The van der Waals surface area contributed by atoms with E-state index >= 15 is 0 Å². The standard InChI is InChI=1S/C16H20N6O/c1-20-8-12(14(19-20)10-2-3-10)16(23)21-6-7-22-13(9-21)17-18-15(22)11-4-5-11/h8,10-11H,2-7,9H2,1H3. The Morgan fingerprint density at radius 1 is 1.13 bits per heavy atom. The van der Waals surface area contributed by atoms with Crippen LogP contribution in [-0.4, -0.2) is 41.9 Å². The van der Waals surface area contributed by atoms with Crippen molar-refractivity contribution in [2.24, 2.45) is 7.05 Å². The van der Waals surface area contributed by atoms with E-state index in [1.165, 1.54) is 12.8 Å². The maximum atomic E-state index is 12.9. The van der Waals surface area contributed by atoms with Crippen LogP contribution < -0.4 is 0 Å². The first-order valence-electron chi connectivity index (χ1n) is 8.45. The smallest absolute Gasteiger partial charge is 0.257 e. The van der Waals surface area contributed by atoms with Gasteiger partial charge >= 0.3 is 0 Å². The Kier molecular flexibility index (Phi) is 2.69. The zero-order chi connectivity index (χ0) is 15.6. The van der Waals surface area contributed by atoms with Crippen LogP contribution in [0.15, 0.2) is 6.20 Å². The molecular formula is C16H20N6O. The van der Waals surface area contributed by atoms with Crippen molar-refractivity contribution >= 4 is 5.91 Å². The predicted molar refractivity (Wildman–Crippen MR) is 81.9 cm³/mol. The van der Waals surface area contributed by atoms with E-state index < -0.39 is 0 Å². The summed E-state index contributed by atoms with van der Waals surface area (Å²) >= 11 is 0. The van der Waals surface area contributed by atoms with Crippen LogP contribution in [0.5, 0.6) is 0 Å². The molecular weight excluding hydrogens is 292 g/mol. The van der Waals surface area contributed by atoms with Crippen LogP contribution in [0.1, 0.15) is 65.2 Å². The van der Waals surface area contributed by atoms with E-state index in [-0.39, 0.29) is 5.91 Å². The first-order chi connectivity index (χ1) is 11.2. The van der Waals surface area contributed by atoms with Crippen LogP contribution in [-0.2, 0) is 20.1 Å². The van der Waals surface area contributed by atoms with Crippen molar-refractivity contribution in [3.8, 4) is 0 Å². The number of fused-ring (bicyclic) bond motifs is 1. The van der Waals surface area contributed by atoms with Gasteiger partial charge in [0.15, 0.2) is 5.82 Å². The number of carbonyl (C=O) groups is 1. The Hall–Kier alpha value is -2.18. The molecule has 3 aliphatic rings. The summed E-state index contributed by atoms with van der Waals surface area (Å²) in [6.07, 6.45) is 6.61. The number of aromatic nitrogens is 5. The summed E-state index contributed by atoms with van der Waals surface area (Å²) in [6.45, 7) is 2.08. The van der Waals surface area contributed by atoms with E-state index in [0.29, 0.717) is 18.4 Å². The molecule has 0 saturated heterocycles. The highest BCUT2D eigenvalue weighted by Crippen LogP contribution is 2.41. The Morgan fingerprint density at radius 2 is 1.91 bits per heavy atom. The molecule has 5 rings (SSSR count). The molecule has 2 saturated carbocycles. The van der Waals surface area contributed by atoms with E-state index in [9.17, 15) is 4.79 Å². The summed E-state index contributed by atoms with van der Waals surface area (Å²) in [5.74, 6) is 3.20. The molecule has 0 radical (unpaired) electrons. The fraction of sp³-hybridized carbons (Fsp3) is 0.625. The topological polar surface area (TPSA) is 68.8 Å². The summed E-state index contributed by atoms with van der Waals surface area (Å²) < 4.78 is 3.98. The van der Waals surface area contributed by atoms with Gasteiger partial charge in [0.05, 0.1) is 17.8 Å². The monoisotopic (exact) mass is 312 g/mol. The fourth-order valence-corrected chi connectivity index (χ4v) is 3.50. The number of carbonyl (C=O) groups excluding carboxylic acids is 1. The number of aryl methyl sites for hydroxylation is 1. The van der Waals surface area contributed by atoms with Gasteiger partial charge in [-0.15, -0.1) is 10.2 Å². The fourth-order valence-electron chi connectivity index (χ4n) is 3.50. The Bertz CT molecular complexity index is 783. The van der Waals surface area contributed by atoms with Gasteiger partial charge in [-0.2, -0.15) is 5.10 Å². The molecule has 2 aromatic heterocycles. The summed E-state index contributed by atoms with van der Waals surface area (Å²) in [6, 6.07) is 0. The van der Waals surface area contributed by atoms with E-state index in [2.05, 4.69) is 19.9 Å². The molecule has 120 valence electrons. The molecule has 2 fully saturated rings. The van der Waals surface area contributed by atoms with Crippen LogP contribution >= 0.6 is 0 Å². The first kappa shape index (κ1) is 13.3. The molecule has 2 aliphatic carbocycles. The molecule has 0 N–H and O–H groups in total. The lowest BCUT2D eigenvalue weighted by atomic mass is 10.1. The highest BCUT2D eigenvalue weighted by atomic mass is 16.2. The minimum atomic E-state index is 0.0854. The number of rotatable bonds is 3. The zero-order valence-corrected chi connectivity index (χ0v) is 13.3. The zero-order valence-electron chi connectivity index (χ0n) is 13.3. The second-order valence-corrected chi connectivity index (χ2v) is 7.00. The van der Waals surface area contributed by atoms with Gasteiger partial charge in [0.25, 0.3) is 5.91 Å². The molecule has 2 aromatic rings. The predicted octanol–water partition coefficient (Wildman–Crippen LogP) is 1.42. The van der Waals surface area contributed by atoms with E-state index in [1.807, 2.05) is 18.1 Å². The molecule has 0 spiro atoms. The van der Waals surface area contributed by atoms with Crippen molar-refractivity contribution in [3.05, 3.63) is 29.1 Å². The maximum absolute atomic E-state index is 12.9. The number of hydrogen-bond acceptors (Lipinski definition) is 4. The molecule has 23 heavy (non-hydrogen) atoms. The SMILES string of the molecule is Cn1cc(C(=O)N2CCn3c(nnc3C3CC3)C2)c(C2CC2)n1. The summed E-state index contributed by atoms with van der Waals surface area (Å²) in [5.41, 5.74) is 1.74. The van der Waals surface area contributed by atoms with Crippen LogP contribution in [0.2, 0.25) is 0 Å². The summed E-state index contributed by atoms with van der Waals surface area (Å²) in [7, 11) is 1.89. The van der Waals surface area contributed by atoms with Crippen molar-refractivity contribution in [3.63, 3.8) is 0 Å². The van der Waals surface area contributed by atoms with Gasteiger partial charge in [-0.1, -0.05) is 0 Å². The lowest BCUT2D eigenvalue weighted by Gasteiger charge is -2.27. The van der Waals surface area contributed by atoms with E-state index in [4.69, 9.17) is 0 Å². The Labute approximate surface area is 134 Å². The second-order valence-electron chi connectivity index (χ2n) is 7.00. The lowest BCUT2D eigenvalue weighted by molar-refractivity contribution is 0.0705. The largest absolute Gasteiger partial charge is 0.329 e. The number of amides is 1. The van der Waals surface area contributed by atoms with Crippen molar-refractivity contribution in [1.29, 1.82) is 0 Å². The van der Waals surface area contributed by atoms with Gasteiger partial charge < -0.3 is 9.47 Å². The summed E-state index contributed by atoms with van der Waals surface area (Å²) in [5, 5.41) is 13.2. The van der Waals surface area contributed by atoms with Crippen molar-refractivity contribution in [1.82, 2.24) is 29.4 Å². The molecule has 0 atom stereocenters. The highest BCUT2D eigenvalue weighted by Gasteiger charge is 2.35. The Morgan fingerprint density at radius 3 is 2.65 bits per heavy atom. The molecule has 7 heteroatoms. The van der Waals surface area contributed by atoms with Gasteiger partial charge in [0, 0.05) is 38.2 Å². The van der Waals surface area contributed by atoms with Crippen molar-refractivity contribution in [2.45, 2.75) is 50.6 Å². The number of nitrogens with zero attached hydrogens (tertiary/aromatic N) is 6. The molecule has 0 aromatic carbocycles. The normalized spacial score (nSPS) is 20.7. The quantitative estimate of drug-likeness (QED) is 0.859. The molecule has 1 amide bonds. The van der Waals surface area contributed by atoms with Crippen molar-refractivity contribution < 1.29 is 4.79 Å². The molecule has 0 unspecified atom stereocenters. The minimum Gasteiger partial charge on any atom is -0.329 e. The van der Waals surface area contributed by atoms with Crippen LogP contribution in [0, 0.1) is 0 Å². The molecule has 1 aliphatic heterocycles. The van der Waals surface area contributed by atoms with Gasteiger partial charge in [-0.3, -0.25) is 9.48 Å². The van der Waals surface area contributed by atoms with Crippen LogP contribution in [0.25, 0.3) is 0 Å². The van der Waals surface area contributed by atoms with E-state index in [1.54, 1.807) is 4.68 Å². The first-order valence-corrected chi connectivity index (χ1v) is 8.45. The molecule has 7 nitrogen and oxygen atoms in total. The molecule has 3 heterocycles. The Balaban J connectivity index is 1.41. The van der Waals surface area contributed by atoms with Gasteiger partial charge in [-0.05, 0) is 25.7 Å².